The lowest BCUT2D eigenvalue weighted by Crippen LogP contribution is -2.35. The monoisotopic (exact) mass is 349 g/mol. The Labute approximate surface area is 142 Å². The van der Waals surface area contributed by atoms with E-state index in [4.69, 9.17) is 9.84 Å². The summed E-state index contributed by atoms with van der Waals surface area (Å²) < 4.78 is 4.93. The van der Waals surface area contributed by atoms with Gasteiger partial charge in [-0.05, 0) is 49.4 Å². The fraction of sp³-hybridized carbons (Fsp3) is 0.250. The molecule has 0 atom stereocenters. The quantitative estimate of drug-likeness (QED) is 0.643. The van der Waals surface area contributed by atoms with Crippen LogP contribution in [0.2, 0.25) is 0 Å². The molecule has 0 aliphatic carbocycles. The highest BCUT2D eigenvalue weighted by molar-refractivity contribution is 8.18. The van der Waals surface area contributed by atoms with Crippen molar-refractivity contribution < 1.29 is 29.0 Å². The lowest BCUT2D eigenvalue weighted by molar-refractivity contribution is -0.149. The van der Waals surface area contributed by atoms with Crippen LogP contribution in [0.25, 0.3) is 6.08 Å². The van der Waals surface area contributed by atoms with Gasteiger partial charge >= 0.3 is 11.9 Å². The van der Waals surface area contributed by atoms with Crippen molar-refractivity contribution in [3.05, 3.63) is 40.3 Å². The highest BCUT2D eigenvalue weighted by Gasteiger charge is 2.36. The number of carboxylic acids is 1. The van der Waals surface area contributed by atoms with Crippen LogP contribution in [0.1, 0.15) is 29.8 Å². The number of thioether (sulfide) groups is 1. The van der Waals surface area contributed by atoms with Crippen molar-refractivity contribution in [3.63, 3.8) is 0 Å². The Bertz CT molecular complexity index is 723. The molecule has 0 bridgehead atoms. The van der Waals surface area contributed by atoms with Crippen LogP contribution in [0.15, 0.2) is 29.2 Å². The van der Waals surface area contributed by atoms with Gasteiger partial charge in [-0.25, -0.2) is 4.79 Å². The van der Waals surface area contributed by atoms with E-state index in [2.05, 4.69) is 0 Å². The second-order valence-electron chi connectivity index (χ2n) is 5.23. The van der Waals surface area contributed by atoms with Gasteiger partial charge in [0.05, 0.1) is 16.6 Å². The SMILES string of the molecule is CC(C)OC(=O)CN1C(=O)S/C(=C\c2ccc(C(=O)O)cc2)C1=O. The van der Waals surface area contributed by atoms with Crippen LogP contribution in [0.5, 0.6) is 0 Å². The average molecular weight is 349 g/mol. The predicted octanol–water partition coefficient (Wildman–Crippen LogP) is 2.37. The Morgan fingerprint density at radius 3 is 2.42 bits per heavy atom. The second kappa shape index (κ2) is 7.31. The molecule has 1 aliphatic heterocycles. The molecule has 0 aromatic heterocycles. The van der Waals surface area contributed by atoms with E-state index in [9.17, 15) is 19.2 Å². The summed E-state index contributed by atoms with van der Waals surface area (Å²) in [7, 11) is 0. The van der Waals surface area contributed by atoms with Gasteiger partial charge in [0.1, 0.15) is 6.54 Å². The summed E-state index contributed by atoms with van der Waals surface area (Å²) in [6.07, 6.45) is 1.14. The summed E-state index contributed by atoms with van der Waals surface area (Å²) in [4.78, 5) is 47.5. The number of carboxylic acid groups (broad SMARTS) is 1. The lowest BCUT2D eigenvalue weighted by atomic mass is 10.1. The van der Waals surface area contributed by atoms with Crippen molar-refractivity contribution in [1.82, 2.24) is 4.90 Å². The first-order valence-corrected chi connectivity index (χ1v) is 7.88. The topological polar surface area (TPSA) is 101 Å². The first-order valence-electron chi connectivity index (χ1n) is 7.06. The minimum Gasteiger partial charge on any atom is -0.478 e. The Morgan fingerprint density at radius 2 is 1.88 bits per heavy atom. The first kappa shape index (κ1) is 17.7. The number of benzene rings is 1. The Balaban J connectivity index is 2.12. The molecule has 1 heterocycles. The van der Waals surface area contributed by atoms with Gasteiger partial charge in [0.2, 0.25) is 0 Å². The summed E-state index contributed by atoms with van der Waals surface area (Å²) in [5, 5.41) is 8.30. The number of ether oxygens (including phenoxy) is 1. The molecule has 1 fully saturated rings. The zero-order chi connectivity index (χ0) is 17.9. The third-order valence-electron chi connectivity index (χ3n) is 2.98. The Morgan fingerprint density at radius 1 is 1.25 bits per heavy atom. The van der Waals surface area contributed by atoms with Gasteiger partial charge in [-0.2, -0.15) is 0 Å². The number of esters is 1. The minimum atomic E-state index is -1.05. The predicted molar refractivity (Wildman–Crippen MR) is 87.3 cm³/mol. The van der Waals surface area contributed by atoms with Crippen molar-refractivity contribution in [2.45, 2.75) is 20.0 Å². The average Bonchev–Trinajstić information content (AvgIpc) is 2.74. The van der Waals surface area contributed by atoms with E-state index in [0.29, 0.717) is 5.56 Å². The molecule has 1 aliphatic rings. The number of rotatable bonds is 5. The van der Waals surface area contributed by atoms with Crippen molar-refractivity contribution in [3.8, 4) is 0 Å². The maximum Gasteiger partial charge on any atom is 0.335 e. The molecule has 24 heavy (non-hydrogen) atoms. The summed E-state index contributed by atoms with van der Waals surface area (Å²) >= 11 is 0.722. The number of imide groups is 1. The van der Waals surface area contributed by atoms with E-state index in [1.165, 1.54) is 30.3 Å². The molecule has 0 spiro atoms. The van der Waals surface area contributed by atoms with Gasteiger partial charge in [-0.1, -0.05) is 12.1 Å². The standard InChI is InChI=1S/C16H15NO6S/c1-9(2)23-13(18)8-17-14(19)12(24-16(17)22)7-10-3-5-11(6-4-10)15(20)21/h3-7,9H,8H2,1-2H3,(H,20,21)/b12-7-. The number of carbonyl (C=O) groups excluding carboxylic acids is 3. The molecule has 2 rings (SSSR count). The van der Waals surface area contributed by atoms with E-state index in [-0.39, 0.29) is 16.6 Å². The maximum atomic E-state index is 12.2. The first-order chi connectivity index (χ1) is 11.3. The fourth-order valence-corrected chi connectivity index (χ4v) is 2.78. The number of carbonyl (C=O) groups is 4. The molecule has 1 aromatic carbocycles. The molecule has 0 unspecified atom stereocenters. The number of hydrogen-bond acceptors (Lipinski definition) is 6. The molecule has 1 N–H and O–H groups in total. The zero-order valence-corrected chi connectivity index (χ0v) is 13.8. The van der Waals surface area contributed by atoms with Crippen LogP contribution >= 0.6 is 11.8 Å². The lowest BCUT2D eigenvalue weighted by Gasteiger charge is -2.13. The van der Waals surface area contributed by atoms with Gasteiger partial charge < -0.3 is 9.84 Å². The largest absolute Gasteiger partial charge is 0.478 e. The van der Waals surface area contributed by atoms with E-state index in [0.717, 1.165) is 16.7 Å². The molecule has 8 heteroatoms. The van der Waals surface area contributed by atoms with Crippen LogP contribution in [0, 0.1) is 0 Å². The third kappa shape index (κ3) is 4.23. The van der Waals surface area contributed by atoms with Crippen LogP contribution in [-0.2, 0) is 14.3 Å². The third-order valence-corrected chi connectivity index (χ3v) is 3.89. The van der Waals surface area contributed by atoms with Crippen molar-refractivity contribution >= 4 is 40.9 Å². The van der Waals surface area contributed by atoms with Crippen molar-refractivity contribution in [1.29, 1.82) is 0 Å². The smallest absolute Gasteiger partial charge is 0.335 e. The van der Waals surface area contributed by atoms with Gasteiger partial charge in [-0.3, -0.25) is 19.3 Å². The summed E-state index contributed by atoms with van der Waals surface area (Å²) in [5.74, 6) is -2.28. The van der Waals surface area contributed by atoms with Crippen molar-refractivity contribution in [2.24, 2.45) is 0 Å². The normalized spacial score (nSPS) is 16.1. The molecular formula is C16H15NO6S. The van der Waals surface area contributed by atoms with Crippen molar-refractivity contribution in [2.75, 3.05) is 6.54 Å². The van der Waals surface area contributed by atoms with E-state index >= 15 is 0 Å². The van der Waals surface area contributed by atoms with Crippen LogP contribution in [-0.4, -0.2) is 45.7 Å². The zero-order valence-electron chi connectivity index (χ0n) is 13.0. The molecule has 2 amide bonds. The maximum absolute atomic E-state index is 12.2. The molecule has 126 valence electrons. The number of aromatic carboxylic acids is 1. The molecular weight excluding hydrogens is 334 g/mol. The number of amides is 2. The van der Waals surface area contributed by atoms with Gasteiger partial charge in [0.25, 0.3) is 11.1 Å². The Hall–Kier alpha value is -2.61. The molecule has 1 saturated heterocycles. The molecule has 0 radical (unpaired) electrons. The molecule has 0 saturated carbocycles. The highest BCUT2D eigenvalue weighted by atomic mass is 32.2. The summed E-state index contributed by atoms with van der Waals surface area (Å²) in [6.45, 7) is 2.91. The summed E-state index contributed by atoms with van der Waals surface area (Å²) in [6, 6.07) is 5.87. The second-order valence-corrected chi connectivity index (χ2v) is 6.23. The van der Waals surface area contributed by atoms with E-state index < -0.39 is 29.6 Å². The molecule has 7 nitrogen and oxygen atoms in total. The Kier molecular flexibility index (Phi) is 5.40. The van der Waals surface area contributed by atoms with Crippen LogP contribution < -0.4 is 0 Å². The highest BCUT2D eigenvalue weighted by Crippen LogP contribution is 2.32. The number of hydrogen-bond donors (Lipinski definition) is 1. The van der Waals surface area contributed by atoms with Gasteiger partial charge in [0, 0.05) is 0 Å². The van der Waals surface area contributed by atoms with E-state index in [1.807, 2.05) is 0 Å². The fourth-order valence-electron chi connectivity index (χ4n) is 1.94. The van der Waals surface area contributed by atoms with Crippen LogP contribution in [0.3, 0.4) is 0 Å². The number of nitrogens with zero attached hydrogens (tertiary/aromatic N) is 1. The minimum absolute atomic E-state index is 0.122. The van der Waals surface area contributed by atoms with Gasteiger partial charge in [0.15, 0.2) is 0 Å². The van der Waals surface area contributed by atoms with Gasteiger partial charge in [-0.15, -0.1) is 0 Å². The molecule has 1 aromatic rings. The van der Waals surface area contributed by atoms with E-state index in [1.54, 1.807) is 13.8 Å². The van der Waals surface area contributed by atoms with Crippen LogP contribution in [0.4, 0.5) is 4.79 Å². The summed E-state index contributed by atoms with van der Waals surface area (Å²) in [5.41, 5.74) is 0.701.